The number of carboxylic acids is 1. The Labute approximate surface area is 133 Å². The fourth-order valence-corrected chi connectivity index (χ4v) is 2.44. The zero-order valence-electron chi connectivity index (χ0n) is 12.2. The maximum Gasteiger partial charge on any atom is 0.326 e. The fraction of sp³-hybridized carbons (Fsp3) is 0.176. The average molecular weight is 315 g/mol. The van der Waals surface area contributed by atoms with Crippen LogP contribution < -0.4 is 5.32 Å². The molecule has 0 bridgehead atoms. The molecular weight excluding hydrogens is 298 g/mol. The Bertz CT molecular complexity index is 641. The monoisotopic (exact) mass is 315 g/mol. The van der Waals surface area contributed by atoms with Crippen LogP contribution in [0.25, 0.3) is 0 Å². The van der Waals surface area contributed by atoms with Crippen LogP contribution in [0.2, 0.25) is 0 Å². The Hall–Kier alpha value is -2.27. The molecule has 2 rings (SSSR count). The first-order chi connectivity index (χ1) is 10.6. The van der Waals surface area contributed by atoms with Crippen LogP contribution in [0.4, 0.5) is 0 Å². The second-order valence-corrected chi connectivity index (χ2v) is 5.66. The molecule has 22 heavy (non-hydrogen) atoms. The van der Waals surface area contributed by atoms with Crippen molar-refractivity contribution < 1.29 is 14.7 Å². The molecule has 2 N–H and O–H groups in total. The topological polar surface area (TPSA) is 66.4 Å². The summed E-state index contributed by atoms with van der Waals surface area (Å²) in [5.41, 5.74) is 1.32. The van der Waals surface area contributed by atoms with Gasteiger partial charge in [-0.1, -0.05) is 30.3 Å². The summed E-state index contributed by atoms with van der Waals surface area (Å²) >= 11 is 1.58. The molecule has 0 heterocycles. The Morgan fingerprint density at radius 1 is 1.09 bits per heavy atom. The van der Waals surface area contributed by atoms with E-state index in [-0.39, 0.29) is 12.3 Å². The number of carbonyl (C=O) groups excluding carboxylic acids is 1. The molecular formula is C17H17NO3S. The molecule has 1 amide bonds. The lowest BCUT2D eigenvalue weighted by Crippen LogP contribution is -2.42. The van der Waals surface area contributed by atoms with Gasteiger partial charge in [0.15, 0.2) is 0 Å². The Morgan fingerprint density at radius 2 is 1.73 bits per heavy atom. The van der Waals surface area contributed by atoms with Crippen molar-refractivity contribution in [2.45, 2.75) is 17.4 Å². The lowest BCUT2D eigenvalue weighted by atomic mass is 10.1. The lowest BCUT2D eigenvalue weighted by molar-refractivity contribution is -0.139. The van der Waals surface area contributed by atoms with Crippen LogP contribution in [0.15, 0.2) is 59.5 Å². The van der Waals surface area contributed by atoms with E-state index in [9.17, 15) is 14.7 Å². The predicted molar refractivity (Wildman–Crippen MR) is 87.3 cm³/mol. The number of hydrogen-bond donors (Lipinski definition) is 2. The van der Waals surface area contributed by atoms with Gasteiger partial charge in [0.2, 0.25) is 0 Å². The van der Waals surface area contributed by atoms with Gasteiger partial charge >= 0.3 is 5.97 Å². The molecule has 2 aromatic carbocycles. The zero-order chi connectivity index (χ0) is 15.9. The number of carboxylic acid groups (broad SMARTS) is 1. The highest BCUT2D eigenvalue weighted by Crippen LogP contribution is 2.15. The molecule has 0 saturated heterocycles. The van der Waals surface area contributed by atoms with E-state index in [1.807, 2.05) is 48.7 Å². The van der Waals surface area contributed by atoms with Gasteiger partial charge in [-0.05, 0) is 36.1 Å². The minimum Gasteiger partial charge on any atom is -0.480 e. The number of rotatable bonds is 6. The van der Waals surface area contributed by atoms with Crippen LogP contribution in [0, 0.1) is 0 Å². The second kappa shape index (κ2) is 7.66. The minimum absolute atomic E-state index is 0.255. The first kappa shape index (κ1) is 16.1. The number of nitrogens with one attached hydrogen (secondary N) is 1. The first-order valence-electron chi connectivity index (χ1n) is 6.82. The second-order valence-electron chi connectivity index (χ2n) is 4.78. The lowest BCUT2D eigenvalue weighted by Gasteiger charge is -2.14. The fourth-order valence-electron chi connectivity index (χ4n) is 2.03. The maximum atomic E-state index is 12.2. The third-order valence-corrected chi connectivity index (χ3v) is 3.98. The van der Waals surface area contributed by atoms with Crippen LogP contribution in [0.3, 0.4) is 0 Å². The van der Waals surface area contributed by atoms with E-state index in [2.05, 4.69) is 5.32 Å². The summed E-state index contributed by atoms with van der Waals surface area (Å²) in [5.74, 6) is -1.42. The van der Waals surface area contributed by atoms with Gasteiger partial charge in [0.25, 0.3) is 5.91 Å². The molecule has 4 nitrogen and oxygen atoms in total. The molecule has 1 atom stereocenters. The standard InChI is InChI=1S/C17H17NO3S/c1-22-14-9-7-13(8-10-14)16(19)18-15(17(20)21)11-12-5-3-2-4-6-12/h2-10,15H,11H2,1H3,(H,18,19)(H,20,21). The van der Waals surface area contributed by atoms with Gasteiger partial charge in [-0.3, -0.25) is 4.79 Å². The third-order valence-electron chi connectivity index (χ3n) is 3.24. The third kappa shape index (κ3) is 4.36. The van der Waals surface area contributed by atoms with Gasteiger partial charge in [-0.2, -0.15) is 0 Å². The van der Waals surface area contributed by atoms with Crippen molar-refractivity contribution in [3.8, 4) is 0 Å². The number of carbonyl (C=O) groups is 2. The smallest absolute Gasteiger partial charge is 0.326 e. The number of thioether (sulfide) groups is 1. The highest BCUT2D eigenvalue weighted by molar-refractivity contribution is 7.98. The Kier molecular flexibility index (Phi) is 5.61. The highest BCUT2D eigenvalue weighted by Gasteiger charge is 2.21. The van der Waals surface area contributed by atoms with Gasteiger partial charge in [0, 0.05) is 16.9 Å². The number of aliphatic carboxylic acids is 1. The number of amides is 1. The molecule has 0 aliphatic heterocycles. The van der Waals surface area contributed by atoms with E-state index in [4.69, 9.17) is 0 Å². The van der Waals surface area contributed by atoms with Crippen molar-refractivity contribution in [3.05, 3.63) is 65.7 Å². The number of benzene rings is 2. The van der Waals surface area contributed by atoms with E-state index in [1.54, 1.807) is 23.9 Å². The summed E-state index contributed by atoms with van der Waals surface area (Å²) in [4.78, 5) is 24.6. The summed E-state index contributed by atoms with van der Waals surface area (Å²) in [5, 5.41) is 11.9. The van der Waals surface area contributed by atoms with Crippen LogP contribution in [-0.4, -0.2) is 29.3 Å². The molecule has 0 spiro atoms. The molecule has 0 fully saturated rings. The quantitative estimate of drug-likeness (QED) is 0.805. The van der Waals surface area contributed by atoms with E-state index < -0.39 is 12.0 Å². The van der Waals surface area contributed by atoms with Gasteiger partial charge in [-0.25, -0.2) is 4.79 Å². The van der Waals surface area contributed by atoms with Gasteiger partial charge in [0.05, 0.1) is 0 Å². The normalized spacial score (nSPS) is 11.7. The van der Waals surface area contributed by atoms with Crippen molar-refractivity contribution in [2.24, 2.45) is 0 Å². The van der Waals surface area contributed by atoms with Gasteiger partial charge < -0.3 is 10.4 Å². The zero-order valence-corrected chi connectivity index (χ0v) is 13.0. The predicted octanol–water partition coefficient (Wildman–Crippen LogP) is 2.83. The molecule has 5 heteroatoms. The molecule has 1 unspecified atom stereocenters. The maximum absolute atomic E-state index is 12.2. The van der Waals surface area contributed by atoms with E-state index >= 15 is 0 Å². The minimum atomic E-state index is -1.04. The van der Waals surface area contributed by atoms with E-state index in [0.29, 0.717) is 5.56 Å². The van der Waals surface area contributed by atoms with Gasteiger partial charge in [-0.15, -0.1) is 11.8 Å². The van der Waals surface area contributed by atoms with Crippen molar-refractivity contribution in [3.63, 3.8) is 0 Å². The van der Waals surface area contributed by atoms with Crippen molar-refractivity contribution >= 4 is 23.6 Å². The summed E-state index contributed by atoms with van der Waals surface area (Å²) in [6.45, 7) is 0. The number of hydrogen-bond acceptors (Lipinski definition) is 3. The SMILES string of the molecule is CSc1ccc(C(=O)NC(Cc2ccccc2)C(=O)O)cc1. The Balaban J connectivity index is 2.06. The summed E-state index contributed by atoms with van der Waals surface area (Å²) < 4.78 is 0. The van der Waals surface area contributed by atoms with Crippen molar-refractivity contribution in [1.29, 1.82) is 0 Å². The van der Waals surface area contributed by atoms with Crippen molar-refractivity contribution in [2.75, 3.05) is 6.26 Å². The Morgan fingerprint density at radius 3 is 2.27 bits per heavy atom. The molecule has 0 aliphatic carbocycles. The molecule has 0 aliphatic rings. The van der Waals surface area contributed by atoms with Gasteiger partial charge in [0.1, 0.15) is 6.04 Å². The largest absolute Gasteiger partial charge is 0.480 e. The van der Waals surface area contributed by atoms with Crippen LogP contribution in [-0.2, 0) is 11.2 Å². The average Bonchev–Trinajstić information content (AvgIpc) is 2.55. The molecule has 2 aromatic rings. The molecule has 114 valence electrons. The van der Waals surface area contributed by atoms with E-state index in [1.165, 1.54) is 0 Å². The highest BCUT2D eigenvalue weighted by atomic mass is 32.2. The molecule has 0 aromatic heterocycles. The first-order valence-corrected chi connectivity index (χ1v) is 8.04. The van der Waals surface area contributed by atoms with E-state index in [0.717, 1.165) is 10.5 Å². The summed E-state index contributed by atoms with van der Waals surface area (Å²) in [7, 11) is 0. The molecule has 0 saturated carbocycles. The summed E-state index contributed by atoms with van der Waals surface area (Å²) in [6.07, 6.45) is 2.21. The van der Waals surface area contributed by atoms with Crippen LogP contribution in [0.1, 0.15) is 15.9 Å². The van der Waals surface area contributed by atoms with Crippen LogP contribution >= 0.6 is 11.8 Å². The molecule has 0 radical (unpaired) electrons. The summed E-state index contributed by atoms with van der Waals surface area (Å²) in [6, 6.07) is 15.4. The van der Waals surface area contributed by atoms with Crippen molar-refractivity contribution in [1.82, 2.24) is 5.32 Å². The van der Waals surface area contributed by atoms with Crippen LogP contribution in [0.5, 0.6) is 0 Å².